The van der Waals surface area contributed by atoms with E-state index in [1.807, 2.05) is 31.2 Å². The van der Waals surface area contributed by atoms with E-state index < -0.39 is 0 Å². The maximum absolute atomic E-state index is 11.9. The molecule has 1 fully saturated rings. The van der Waals surface area contributed by atoms with Crippen LogP contribution < -0.4 is 10.6 Å². The molecule has 1 aliphatic rings. The maximum atomic E-state index is 11.9. The molecule has 0 atom stereocenters. The molecule has 1 aliphatic heterocycles. The van der Waals surface area contributed by atoms with Gasteiger partial charge in [0.15, 0.2) is 0 Å². The summed E-state index contributed by atoms with van der Waals surface area (Å²) in [6.45, 7) is 4.27. The molecule has 2 aromatic rings. The molecule has 4 heteroatoms. The minimum atomic E-state index is -0.184. The van der Waals surface area contributed by atoms with Crippen molar-refractivity contribution < 1.29 is 9.53 Å². The van der Waals surface area contributed by atoms with Crippen molar-refractivity contribution in [3.63, 3.8) is 0 Å². The van der Waals surface area contributed by atoms with Gasteiger partial charge in [-0.15, -0.1) is 0 Å². The van der Waals surface area contributed by atoms with Crippen LogP contribution in [0.3, 0.4) is 0 Å². The van der Waals surface area contributed by atoms with Gasteiger partial charge in [0, 0.05) is 19.6 Å². The minimum Gasteiger partial charge on any atom is -0.363 e. The van der Waals surface area contributed by atoms with E-state index in [1.54, 1.807) is 0 Å². The normalized spacial score (nSPS) is 16.4. The lowest BCUT2D eigenvalue weighted by molar-refractivity contribution is -0.136. The highest BCUT2D eigenvalue weighted by atomic mass is 16.5. The Balaban J connectivity index is 1.57. The van der Waals surface area contributed by atoms with Crippen LogP contribution in [0.15, 0.2) is 42.5 Å². The zero-order valence-electron chi connectivity index (χ0n) is 12.2. The molecule has 1 saturated heterocycles. The fourth-order valence-electron chi connectivity index (χ4n) is 2.51. The van der Waals surface area contributed by atoms with Crippen LogP contribution in [0.2, 0.25) is 0 Å². The van der Waals surface area contributed by atoms with E-state index in [0.717, 1.165) is 18.7 Å². The number of hydrogen-bond acceptors (Lipinski definition) is 3. The van der Waals surface area contributed by atoms with Crippen LogP contribution in [0, 0.1) is 0 Å². The third kappa shape index (κ3) is 3.23. The zero-order chi connectivity index (χ0) is 14.7. The van der Waals surface area contributed by atoms with Gasteiger partial charge in [0.1, 0.15) is 6.61 Å². The lowest BCUT2D eigenvalue weighted by Gasteiger charge is -2.38. The molecular weight excluding hydrogens is 264 g/mol. The van der Waals surface area contributed by atoms with Crippen LogP contribution in [-0.4, -0.2) is 31.2 Å². The van der Waals surface area contributed by atoms with E-state index in [2.05, 4.69) is 28.8 Å². The van der Waals surface area contributed by atoms with Crippen molar-refractivity contribution in [1.29, 1.82) is 0 Å². The molecule has 0 radical (unpaired) electrons. The van der Waals surface area contributed by atoms with Crippen molar-refractivity contribution in [3.8, 4) is 0 Å². The summed E-state index contributed by atoms with van der Waals surface area (Å²) < 4.78 is 5.63. The lowest BCUT2D eigenvalue weighted by atomic mass is 10.0. The van der Waals surface area contributed by atoms with Gasteiger partial charge in [-0.05, 0) is 23.3 Å². The van der Waals surface area contributed by atoms with Crippen molar-refractivity contribution in [3.05, 3.63) is 48.0 Å². The van der Waals surface area contributed by atoms with Gasteiger partial charge in [0.2, 0.25) is 5.91 Å². The zero-order valence-corrected chi connectivity index (χ0v) is 12.2. The van der Waals surface area contributed by atoms with E-state index in [4.69, 9.17) is 4.74 Å². The van der Waals surface area contributed by atoms with Crippen LogP contribution in [0.4, 0.5) is 0 Å². The predicted octanol–water partition coefficient (Wildman–Crippen LogP) is 1.83. The Hall–Kier alpha value is -1.91. The number of benzene rings is 2. The first-order chi connectivity index (χ1) is 10.2. The molecule has 0 saturated carbocycles. The lowest BCUT2D eigenvalue weighted by Crippen LogP contribution is -2.59. The SMILES string of the molecule is CC1(OCC(=O)NCc2cccc3ccccc23)CNC1. The Morgan fingerprint density at radius 3 is 2.76 bits per heavy atom. The van der Waals surface area contributed by atoms with E-state index in [9.17, 15) is 4.79 Å². The van der Waals surface area contributed by atoms with Gasteiger partial charge in [0.25, 0.3) is 0 Å². The molecule has 2 N–H and O–H groups in total. The second kappa shape index (κ2) is 5.84. The van der Waals surface area contributed by atoms with E-state index in [1.165, 1.54) is 10.8 Å². The topological polar surface area (TPSA) is 50.4 Å². The number of fused-ring (bicyclic) bond motifs is 1. The fourth-order valence-corrected chi connectivity index (χ4v) is 2.51. The van der Waals surface area contributed by atoms with Crippen LogP contribution in [-0.2, 0) is 16.1 Å². The summed E-state index contributed by atoms with van der Waals surface area (Å²) in [5.41, 5.74) is 0.939. The molecule has 3 rings (SSSR count). The second-order valence-electron chi connectivity index (χ2n) is 5.76. The Bertz CT molecular complexity index is 645. The van der Waals surface area contributed by atoms with Crippen molar-refractivity contribution in [2.24, 2.45) is 0 Å². The van der Waals surface area contributed by atoms with Crippen LogP contribution in [0.25, 0.3) is 10.8 Å². The van der Waals surface area contributed by atoms with Gasteiger partial charge in [-0.1, -0.05) is 42.5 Å². The van der Waals surface area contributed by atoms with E-state index in [0.29, 0.717) is 6.54 Å². The average Bonchev–Trinajstić information content (AvgIpc) is 2.49. The van der Waals surface area contributed by atoms with Gasteiger partial charge in [-0.25, -0.2) is 0 Å². The highest BCUT2D eigenvalue weighted by Crippen LogP contribution is 2.18. The Morgan fingerprint density at radius 1 is 1.24 bits per heavy atom. The maximum Gasteiger partial charge on any atom is 0.246 e. The van der Waals surface area contributed by atoms with Gasteiger partial charge in [-0.2, -0.15) is 0 Å². The quantitative estimate of drug-likeness (QED) is 0.881. The molecule has 0 aromatic heterocycles. The van der Waals surface area contributed by atoms with Crippen molar-refractivity contribution in [2.45, 2.75) is 19.1 Å². The van der Waals surface area contributed by atoms with Crippen LogP contribution in [0.1, 0.15) is 12.5 Å². The Kier molecular flexibility index (Phi) is 3.90. The standard InChI is InChI=1S/C17H20N2O2/c1-17(11-18-12-17)21-10-16(20)19-9-14-7-4-6-13-5-2-3-8-15(13)14/h2-8,18H,9-12H2,1H3,(H,19,20). The predicted molar refractivity (Wildman–Crippen MR) is 83.0 cm³/mol. The number of rotatable bonds is 5. The highest BCUT2D eigenvalue weighted by molar-refractivity contribution is 5.86. The van der Waals surface area contributed by atoms with Gasteiger partial charge < -0.3 is 15.4 Å². The molecule has 0 bridgehead atoms. The molecule has 110 valence electrons. The summed E-state index contributed by atoms with van der Waals surface area (Å²) in [6.07, 6.45) is 0. The molecule has 2 aromatic carbocycles. The molecule has 0 aliphatic carbocycles. The van der Waals surface area contributed by atoms with Crippen molar-refractivity contribution in [1.82, 2.24) is 10.6 Å². The first-order valence-electron chi connectivity index (χ1n) is 7.24. The molecule has 0 unspecified atom stereocenters. The Morgan fingerprint density at radius 2 is 2.00 bits per heavy atom. The summed E-state index contributed by atoms with van der Waals surface area (Å²) in [5, 5.41) is 8.44. The highest BCUT2D eigenvalue weighted by Gasteiger charge is 2.32. The summed E-state index contributed by atoms with van der Waals surface area (Å²) >= 11 is 0. The van der Waals surface area contributed by atoms with Gasteiger partial charge in [0.05, 0.1) is 5.60 Å². The summed E-state index contributed by atoms with van der Waals surface area (Å²) in [5.74, 6) is -0.0731. The first kappa shape index (κ1) is 14.0. The van der Waals surface area contributed by atoms with Crippen LogP contribution >= 0.6 is 0 Å². The molecule has 4 nitrogen and oxygen atoms in total. The summed E-state index contributed by atoms with van der Waals surface area (Å²) in [7, 11) is 0. The molecule has 1 heterocycles. The Labute approximate surface area is 124 Å². The van der Waals surface area contributed by atoms with Crippen molar-refractivity contribution >= 4 is 16.7 Å². The average molecular weight is 284 g/mol. The van der Waals surface area contributed by atoms with E-state index >= 15 is 0 Å². The molecular formula is C17H20N2O2. The van der Waals surface area contributed by atoms with Crippen LogP contribution in [0.5, 0.6) is 0 Å². The third-order valence-corrected chi connectivity index (χ3v) is 3.91. The largest absolute Gasteiger partial charge is 0.363 e. The smallest absolute Gasteiger partial charge is 0.246 e. The number of carbonyl (C=O) groups excluding carboxylic acids is 1. The molecule has 0 spiro atoms. The van der Waals surface area contributed by atoms with E-state index in [-0.39, 0.29) is 18.1 Å². The number of amides is 1. The first-order valence-corrected chi connectivity index (χ1v) is 7.24. The summed E-state index contributed by atoms with van der Waals surface area (Å²) in [6, 6.07) is 14.3. The molecule has 1 amide bonds. The minimum absolute atomic E-state index is 0.0731. The summed E-state index contributed by atoms with van der Waals surface area (Å²) in [4.78, 5) is 11.9. The fraction of sp³-hybridized carbons (Fsp3) is 0.353. The molecule has 21 heavy (non-hydrogen) atoms. The van der Waals surface area contributed by atoms with Gasteiger partial charge in [-0.3, -0.25) is 4.79 Å². The number of hydrogen-bond donors (Lipinski definition) is 2. The monoisotopic (exact) mass is 284 g/mol. The van der Waals surface area contributed by atoms with Gasteiger partial charge >= 0.3 is 0 Å². The number of carbonyl (C=O) groups is 1. The third-order valence-electron chi connectivity index (χ3n) is 3.91. The number of nitrogens with one attached hydrogen (secondary N) is 2. The number of ether oxygens (including phenoxy) is 1. The second-order valence-corrected chi connectivity index (χ2v) is 5.76. The van der Waals surface area contributed by atoms with Crippen molar-refractivity contribution in [2.75, 3.05) is 19.7 Å².